The molecule has 0 radical (unpaired) electrons. The Bertz CT molecular complexity index is 211. The Hall–Kier alpha value is 1.86. The van der Waals surface area contributed by atoms with Gasteiger partial charge in [-0.15, -0.1) is 0 Å². The molecule has 0 aliphatic carbocycles. The normalized spacial score (nSPS) is 12.1. The molecule has 0 aliphatic heterocycles. The van der Waals surface area contributed by atoms with E-state index in [1.165, 1.54) is 6.92 Å². The molecule has 2 atom stereocenters. The van der Waals surface area contributed by atoms with E-state index in [1.54, 1.807) is 0 Å². The van der Waals surface area contributed by atoms with Gasteiger partial charge in [0, 0.05) is 0 Å². The monoisotopic (exact) mass is 264 g/mol. The van der Waals surface area contributed by atoms with Gasteiger partial charge in [-0.2, -0.15) is 0 Å². The molecule has 0 aliphatic rings. The van der Waals surface area contributed by atoms with Crippen LogP contribution in [0.25, 0.3) is 0 Å². The third-order valence-electron chi connectivity index (χ3n) is 1.17. The van der Waals surface area contributed by atoms with E-state index in [9.17, 15) is 9.59 Å². The van der Waals surface area contributed by atoms with Gasteiger partial charge in [0.05, 0.1) is 19.1 Å². The molecular formula is C7H15Na3O6. The molecule has 82 valence electrons. The number of rotatable bonds is 6. The van der Waals surface area contributed by atoms with Gasteiger partial charge >= 0.3 is 101 Å². The maximum atomic E-state index is 10.4. The number of carboxylic acid groups (broad SMARTS) is 2. The first-order chi connectivity index (χ1) is 5.93. The number of aliphatic carboxylic acids is 2. The zero-order chi connectivity index (χ0) is 10.4. The number of ether oxygens (including phenoxy) is 1. The minimum atomic E-state index is -1.40. The first-order valence-corrected chi connectivity index (χ1v) is 3.67. The molecule has 0 spiro atoms. The average molecular weight is 264 g/mol. The standard InChI is InChI=1S/C7H12O6.3Na.3H/c1-4(8)3-13-5(7(11)12)2-6(9)10;;;;;;/h4-5,8H,2-3H2,1H3,(H,9,10)(H,11,12);;;;;;/q;3*+1;3*-1. The summed E-state index contributed by atoms with van der Waals surface area (Å²) in [5, 5.41) is 25.5. The molecule has 0 aromatic rings. The molecular weight excluding hydrogens is 249 g/mol. The molecule has 0 bridgehead atoms. The van der Waals surface area contributed by atoms with Gasteiger partial charge in [0.25, 0.3) is 0 Å². The van der Waals surface area contributed by atoms with E-state index in [0.717, 1.165) is 0 Å². The molecule has 0 rings (SSSR count). The summed E-state index contributed by atoms with van der Waals surface area (Å²) < 4.78 is 4.65. The van der Waals surface area contributed by atoms with Crippen molar-refractivity contribution in [2.75, 3.05) is 6.61 Å². The predicted octanol–water partition coefficient (Wildman–Crippen LogP) is -9.34. The maximum Gasteiger partial charge on any atom is 1.00 e. The van der Waals surface area contributed by atoms with Gasteiger partial charge in [-0.25, -0.2) is 4.79 Å². The molecule has 0 aromatic heterocycles. The van der Waals surface area contributed by atoms with Crippen LogP contribution in [0.1, 0.15) is 17.6 Å². The fraction of sp³-hybridized carbons (Fsp3) is 0.714. The first-order valence-electron chi connectivity index (χ1n) is 3.67. The molecule has 0 fully saturated rings. The minimum absolute atomic E-state index is 0. The molecule has 0 amide bonds. The summed E-state index contributed by atoms with van der Waals surface area (Å²) in [7, 11) is 0. The minimum Gasteiger partial charge on any atom is -1.00 e. The second-order valence-corrected chi connectivity index (χ2v) is 2.61. The summed E-state index contributed by atoms with van der Waals surface area (Å²) in [4.78, 5) is 20.5. The van der Waals surface area contributed by atoms with Crippen molar-refractivity contribution in [2.45, 2.75) is 25.6 Å². The zero-order valence-electron chi connectivity index (χ0n) is 13.1. The molecule has 3 N–H and O–H groups in total. The maximum absolute atomic E-state index is 10.4. The second kappa shape index (κ2) is 14.9. The van der Waals surface area contributed by atoms with Crippen molar-refractivity contribution in [3.63, 3.8) is 0 Å². The largest absolute Gasteiger partial charge is 1.00 e. The van der Waals surface area contributed by atoms with E-state index in [-0.39, 0.29) is 99.6 Å². The Balaban J connectivity index is -0.0000000480. The van der Waals surface area contributed by atoms with Crippen molar-refractivity contribution in [1.29, 1.82) is 0 Å². The summed E-state index contributed by atoms with van der Waals surface area (Å²) in [5.74, 6) is -2.60. The van der Waals surface area contributed by atoms with Gasteiger partial charge in [0.1, 0.15) is 0 Å². The van der Waals surface area contributed by atoms with Crippen LogP contribution in [-0.4, -0.2) is 46.1 Å². The Morgan fingerprint density at radius 3 is 1.94 bits per heavy atom. The fourth-order valence-electron chi connectivity index (χ4n) is 0.632. The van der Waals surface area contributed by atoms with E-state index in [2.05, 4.69) is 4.74 Å². The van der Waals surface area contributed by atoms with Crippen molar-refractivity contribution in [2.24, 2.45) is 0 Å². The van der Waals surface area contributed by atoms with Gasteiger partial charge in [-0.1, -0.05) is 0 Å². The number of aliphatic hydroxyl groups excluding tert-OH is 1. The van der Waals surface area contributed by atoms with Gasteiger partial charge in [0.15, 0.2) is 6.10 Å². The second-order valence-electron chi connectivity index (χ2n) is 2.61. The smallest absolute Gasteiger partial charge is 1.00 e. The van der Waals surface area contributed by atoms with Crippen LogP contribution in [-0.2, 0) is 14.3 Å². The topological polar surface area (TPSA) is 104 Å². The van der Waals surface area contributed by atoms with Gasteiger partial charge in [-0.05, 0) is 6.92 Å². The summed E-state index contributed by atoms with van der Waals surface area (Å²) in [6, 6.07) is 0. The Morgan fingerprint density at radius 2 is 1.69 bits per heavy atom. The van der Waals surface area contributed by atoms with Crippen LogP contribution in [0.4, 0.5) is 0 Å². The molecule has 0 saturated carbocycles. The van der Waals surface area contributed by atoms with Crippen molar-refractivity contribution in [1.82, 2.24) is 0 Å². The van der Waals surface area contributed by atoms with Crippen molar-refractivity contribution >= 4 is 11.9 Å². The van der Waals surface area contributed by atoms with Crippen molar-refractivity contribution in [3.8, 4) is 0 Å². The summed E-state index contributed by atoms with van der Waals surface area (Å²) in [5.41, 5.74) is 0. The number of carboxylic acids is 2. The van der Waals surface area contributed by atoms with E-state index >= 15 is 0 Å². The Labute approximate surface area is 164 Å². The predicted molar refractivity (Wildman–Crippen MR) is 44.6 cm³/mol. The van der Waals surface area contributed by atoms with Gasteiger partial charge in [-0.3, -0.25) is 4.79 Å². The number of hydrogen-bond donors (Lipinski definition) is 3. The summed E-state index contributed by atoms with van der Waals surface area (Å²) in [6.07, 6.45) is -2.81. The number of carbonyl (C=O) groups is 2. The van der Waals surface area contributed by atoms with Crippen LogP contribution in [0.15, 0.2) is 0 Å². The quantitative estimate of drug-likeness (QED) is 0.412. The van der Waals surface area contributed by atoms with E-state index in [4.69, 9.17) is 15.3 Å². The molecule has 2 unspecified atom stereocenters. The molecule has 0 heterocycles. The molecule has 6 nitrogen and oxygen atoms in total. The van der Waals surface area contributed by atoms with Crippen LogP contribution in [0, 0.1) is 0 Å². The van der Waals surface area contributed by atoms with Crippen molar-refractivity contribution < 1.29 is 123 Å². The molecule has 0 aromatic carbocycles. The number of aliphatic hydroxyl groups is 1. The third kappa shape index (κ3) is 15.9. The van der Waals surface area contributed by atoms with E-state index in [0.29, 0.717) is 0 Å². The Kier molecular flexibility index (Phi) is 24.6. The summed E-state index contributed by atoms with van der Waals surface area (Å²) >= 11 is 0. The molecule has 9 heteroatoms. The third-order valence-corrected chi connectivity index (χ3v) is 1.17. The SMILES string of the molecule is CC(O)COC(CC(=O)O)C(=O)O.[H-].[H-].[H-].[Na+].[Na+].[Na+]. The zero-order valence-corrected chi connectivity index (χ0v) is 16.1. The average Bonchev–Trinajstić information content (AvgIpc) is 1.96. The first kappa shape index (κ1) is 26.4. The molecule has 16 heavy (non-hydrogen) atoms. The van der Waals surface area contributed by atoms with Crippen molar-refractivity contribution in [3.05, 3.63) is 0 Å². The van der Waals surface area contributed by atoms with Crippen LogP contribution in [0.3, 0.4) is 0 Å². The van der Waals surface area contributed by atoms with Crippen LogP contribution in [0.2, 0.25) is 0 Å². The fourth-order valence-corrected chi connectivity index (χ4v) is 0.632. The van der Waals surface area contributed by atoms with E-state index < -0.39 is 30.6 Å². The molecule has 0 saturated heterocycles. The van der Waals surface area contributed by atoms with E-state index in [1.807, 2.05) is 0 Å². The summed E-state index contributed by atoms with van der Waals surface area (Å²) in [6.45, 7) is 1.23. The van der Waals surface area contributed by atoms with Gasteiger partial charge < -0.3 is 24.3 Å². The Morgan fingerprint density at radius 1 is 1.25 bits per heavy atom. The van der Waals surface area contributed by atoms with Crippen LogP contribution >= 0.6 is 0 Å². The van der Waals surface area contributed by atoms with Crippen LogP contribution < -0.4 is 88.7 Å². The van der Waals surface area contributed by atoms with Gasteiger partial charge in [0.2, 0.25) is 0 Å². The van der Waals surface area contributed by atoms with Crippen LogP contribution in [0.5, 0.6) is 0 Å². The number of hydrogen-bond acceptors (Lipinski definition) is 4.